The van der Waals surface area contributed by atoms with Gasteiger partial charge in [0.2, 0.25) is 0 Å². The molecular formula is C16H32N4O3. The van der Waals surface area contributed by atoms with E-state index < -0.39 is 5.60 Å². The molecule has 1 fully saturated rings. The molecule has 0 unspecified atom stereocenters. The number of likely N-dealkylation sites (tertiary alicyclic amines) is 1. The summed E-state index contributed by atoms with van der Waals surface area (Å²) in [5.74, 6) is 0.570. The maximum Gasteiger partial charge on any atom is 0.410 e. The number of aliphatic imine (C=N–C) groups is 1. The smallest absolute Gasteiger partial charge is 0.410 e. The van der Waals surface area contributed by atoms with Crippen LogP contribution < -0.4 is 5.73 Å². The molecule has 1 amide bonds. The zero-order valence-corrected chi connectivity index (χ0v) is 15.0. The summed E-state index contributed by atoms with van der Waals surface area (Å²) in [5, 5.41) is 0. The number of piperidine rings is 1. The highest BCUT2D eigenvalue weighted by Crippen LogP contribution is 2.10. The van der Waals surface area contributed by atoms with Crippen molar-refractivity contribution in [1.82, 2.24) is 9.80 Å². The molecule has 1 rings (SSSR count). The zero-order valence-electron chi connectivity index (χ0n) is 15.0. The number of hydrogen-bond acceptors (Lipinski definition) is 4. The van der Waals surface area contributed by atoms with Crippen LogP contribution in [0.25, 0.3) is 0 Å². The molecule has 1 heterocycles. The summed E-state index contributed by atoms with van der Waals surface area (Å²) >= 11 is 0. The van der Waals surface area contributed by atoms with E-state index in [1.54, 1.807) is 12.0 Å². The number of nitrogens with two attached hydrogens (primary N) is 1. The highest BCUT2D eigenvalue weighted by atomic mass is 16.6. The van der Waals surface area contributed by atoms with Crippen LogP contribution in [0.5, 0.6) is 0 Å². The fourth-order valence-corrected chi connectivity index (χ4v) is 2.33. The first kappa shape index (κ1) is 19.5. The summed E-state index contributed by atoms with van der Waals surface area (Å²) in [5.41, 5.74) is 5.51. The first-order chi connectivity index (χ1) is 10.8. The van der Waals surface area contributed by atoms with Crippen LogP contribution in [0.2, 0.25) is 0 Å². The number of rotatable bonds is 6. The minimum atomic E-state index is -0.515. The molecule has 0 radical (unpaired) electrons. The van der Waals surface area contributed by atoms with Gasteiger partial charge in [-0.2, -0.15) is 0 Å². The lowest BCUT2D eigenvalue weighted by Crippen LogP contribution is -2.42. The second kappa shape index (κ2) is 9.60. The topological polar surface area (TPSA) is 80.4 Å². The van der Waals surface area contributed by atoms with Gasteiger partial charge in [-0.3, -0.25) is 4.99 Å². The van der Waals surface area contributed by atoms with E-state index in [4.69, 9.17) is 15.2 Å². The van der Waals surface area contributed by atoms with Crippen molar-refractivity contribution in [3.05, 3.63) is 0 Å². The molecule has 7 nitrogen and oxygen atoms in total. The van der Waals surface area contributed by atoms with Gasteiger partial charge in [-0.15, -0.1) is 0 Å². The van der Waals surface area contributed by atoms with E-state index in [2.05, 4.69) is 9.89 Å². The van der Waals surface area contributed by atoms with E-state index in [-0.39, 0.29) is 6.09 Å². The molecule has 1 aliphatic rings. The van der Waals surface area contributed by atoms with Crippen LogP contribution in [-0.4, -0.2) is 73.9 Å². The molecule has 0 aromatic heterocycles. The average molecular weight is 328 g/mol. The summed E-state index contributed by atoms with van der Waals surface area (Å²) in [6.45, 7) is 9.36. The van der Waals surface area contributed by atoms with E-state index in [0.717, 1.165) is 25.9 Å². The Morgan fingerprint density at radius 2 is 1.87 bits per heavy atom. The normalized spacial score (nSPS) is 16.3. The number of methoxy groups -OCH3 is 1. The summed E-state index contributed by atoms with van der Waals surface area (Å²) < 4.78 is 10.5. The van der Waals surface area contributed by atoms with Crippen molar-refractivity contribution in [2.45, 2.75) is 45.6 Å². The van der Waals surface area contributed by atoms with Crippen LogP contribution in [0.1, 0.15) is 40.0 Å². The second-order valence-corrected chi connectivity index (χ2v) is 6.75. The zero-order chi connectivity index (χ0) is 17.3. The van der Waals surface area contributed by atoms with Crippen LogP contribution in [0.4, 0.5) is 4.79 Å². The summed E-state index contributed by atoms with van der Waals surface area (Å²) in [6.07, 6.45) is 3.23. The van der Waals surface area contributed by atoms with Gasteiger partial charge in [0.25, 0.3) is 0 Å². The third kappa shape index (κ3) is 8.06. The lowest BCUT2D eigenvalue weighted by molar-refractivity contribution is 0.0208. The Morgan fingerprint density at radius 3 is 2.43 bits per heavy atom. The Balaban J connectivity index is 2.50. The number of nitrogens with zero attached hydrogens (tertiary/aromatic N) is 3. The van der Waals surface area contributed by atoms with Crippen LogP contribution >= 0.6 is 0 Å². The molecule has 0 atom stereocenters. The van der Waals surface area contributed by atoms with Gasteiger partial charge < -0.3 is 25.0 Å². The Kier molecular flexibility index (Phi) is 8.16. The minimum absolute atomic E-state index is 0.346. The van der Waals surface area contributed by atoms with Crippen molar-refractivity contribution in [2.75, 3.05) is 46.4 Å². The van der Waals surface area contributed by atoms with E-state index in [1.807, 2.05) is 20.8 Å². The van der Waals surface area contributed by atoms with Crippen molar-refractivity contribution in [2.24, 2.45) is 10.7 Å². The first-order valence-corrected chi connectivity index (χ1v) is 8.35. The minimum Gasteiger partial charge on any atom is -0.444 e. The lowest BCUT2D eigenvalue weighted by Gasteiger charge is -2.28. The van der Waals surface area contributed by atoms with Gasteiger partial charge in [-0.05, 0) is 40.0 Å². The van der Waals surface area contributed by atoms with Gasteiger partial charge in [-0.1, -0.05) is 0 Å². The van der Waals surface area contributed by atoms with E-state index in [0.29, 0.717) is 32.2 Å². The van der Waals surface area contributed by atoms with Gasteiger partial charge >= 0.3 is 6.09 Å². The van der Waals surface area contributed by atoms with Crippen molar-refractivity contribution in [3.8, 4) is 0 Å². The van der Waals surface area contributed by atoms with E-state index in [1.165, 1.54) is 6.42 Å². The predicted octanol–water partition coefficient (Wildman–Crippen LogP) is 1.67. The molecule has 1 aliphatic heterocycles. The van der Waals surface area contributed by atoms with Crippen molar-refractivity contribution < 1.29 is 14.3 Å². The standard InChI is InChI=1S/C16H32N4O3/c1-16(2,3)23-15(21)20(12-13-22-4)11-8-18-14(17)19-9-6-5-7-10-19/h5-13H2,1-4H3,(H2,17,18). The third-order valence-corrected chi connectivity index (χ3v) is 3.54. The molecule has 1 saturated heterocycles. The molecule has 0 aromatic rings. The maximum absolute atomic E-state index is 12.2. The van der Waals surface area contributed by atoms with Gasteiger partial charge in [0.15, 0.2) is 5.96 Å². The second-order valence-electron chi connectivity index (χ2n) is 6.75. The van der Waals surface area contributed by atoms with Gasteiger partial charge in [0, 0.05) is 33.3 Å². The number of guanidine groups is 1. The Morgan fingerprint density at radius 1 is 1.22 bits per heavy atom. The molecule has 23 heavy (non-hydrogen) atoms. The quantitative estimate of drug-likeness (QED) is 0.592. The van der Waals surface area contributed by atoms with Crippen molar-refractivity contribution in [1.29, 1.82) is 0 Å². The fraction of sp³-hybridized carbons (Fsp3) is 0.875. The molecule has 0 saturated carbocycles. The Hall–Kier alpha value is -1.50. The van der Waals surface area contributed by atoms with E-state index >= 15 is 0 Å². The third-order valence-electron chi connectivity index (χ3n) is 3.54. The monoisotopic (exact) mass is 328 g/mol. The molecule has 134 valence electrons. The highest BCUT2D eigenvalue weighted by Gasteiger charge is 2.21. The van der Waals surface area contributed by atoms with E-state index in [9.17, 15) is 4.79 Å². The maximum atomic E-state index is 12.2. The van der Waals surface area contributed by atoms with Gasteiger partial charge in [0.1, 0.15) is 5.60 Å². The lowest BCUT2D eigenvalue weighted by atomic mass is 10.1. The number of ether oxygens (including phenoxy) is 2. The average Bonchev–Trinajstić information content (AvgIpc) is 2.49. The molecule has 2 N–H and O–H groups in total. The molecule has 7 heteroatoms. The summed E-state index contributed by atoms with van der Waals surface area (Å²) in [6, 6.07) is 0. The number of amides is 1. The first-order valence-electron chi connectivity index (χ1n) is 8.35. The van der Waals surface area contributed by atoms with Crippen LogP contribution in [0.3, 0.4) is 0 Å². The molecule has 0 aromatic carbocycles. The number of carbonyl (C=O) groups is 1. The number of hydrogen-bond donors (Lipinski definition) is 1. The van der Waals surface area contributed by atoms with Crippen molar-refractivity contribution in [3.63, 3.8) is 0 Å². The SMILES string of the molecule is COCCN(CCN=C(N)N1CCCCC1)C(=O)OC(C)(C)C. The van der Waals surface area contributed by atoms with Crippen LogP contribution in [-0.2, 0) is 9.47 Å². The van der Waals surface area contributed by atoms with Crippen LogP contribution in [0, 0.1) is 0 Å². The molecule has 0 aliphatic carbocycles. The van der Waals surface area contributed by atoms with Crippen LogP contribution in [0.15, 0.2) is 4.99 Å². The fourth-order valence-electron chi connectivity index (χ4n) is 2.33. The molecule has 0 bridgehead atoms. The van der Waals surface area contributed by atoms with Gasteiger partial charge in [0.05, 0.1) is 13.2 Å². The Bertz CT molecular complexity index is 387. The number of carbonyl (C=O) groups excluding carboxylic acids is 1. The van der Waals surface area contributed by atoms with Gasteiger partial charge in [-0.25, -0.2) is 4.79 Å². The molecular weight excluding hydrogens is 296 g/mol. The van der Waals surface area contributed by atoms with Crippen molar-refractivity contribution >= 4 is 12.1 Å². The summed E-state index contributed by atoms with van der Waals surface area (Å²) in [7, 11) is 1.61. The highest BCUT2D eigenvalue weighted by molar-refractivity contribution is 5.78. The largest absolute Gasteiger partial charge is 0.444 e. The Labute approximate surface area is 139 Å². The predicted molar refractivity (Wildman–Crippen MR) is 91.6 cm³/mol. The molecule has 0 spiro atoms. The summed E-state index contributed by atoms with van der Waals surface area (Å²) in [4.78, 5) is 20.3.